The number of amides is 1. The zero-order chi connectivity index (χ0) is 21.3. The first-order valence-corrected chi connectivity index (χ1v) is 11.2. The number of carbonyl (C=O) groups is 1. The molecule has 1 aromatic carbocycles. The quantitative estimate of drug-likeness (QED) is 0.604. The number of fused-ring (bicyclic) bond motifs is 1. The summed E-state index contributed by atoms with van der Waals surface area (Å²) in [4.78, 5) is 34.1. The van der Waals surface area contributed by atoms with Crippen LogP contribution in [0.2, 0.25) is 0 Å². The number of hydrogen-bond acceptors (Lipinski definition) is 5. The van der Waals surface area contributed by atoms with Crippen molar-refractivity contribution in [3.8, 4) is 5.75 Å². The zero-order valence-electron chi connectivity index (χ0n) is 17.7. The van der Waals surface area contributed by atoms with Crippen LogP contribution in [-0.2, 0) is 17.8 Å². The molecule has 3 aromatic rings. The highest BCUT2D eigenvalue weighted by Crippen LogP contribution is 2.26. The fraction of sp³-hybridized carbons (Fsp3) is 0.435. The maximum absolute atomic E-state index is 13.0. The smallest absolute Gasteiger partial charge is 0.262 e. The van der Waals surface area contributed by atoms with Gasteiger partial charge in [-0.05, 0) is 56.4 Å². The van der Waals surface area contributed by atoms with Crippen LogP contribution >= 0.6 is 11.3 Å². The monoisotopic (exact) mass is 425 g/mol. The van der Waals surface area contributed by atoms with Crippen molar-refractivity contribution < 1.29 is 9.53 Å². The maximum Gasteiger partial charge on any atom is 0.262 e. The average molecular weight is 426 g/mol. The second-order valence-electron chi connectivity index (χ2n) is 7.90. The standard InChI is InChI=1S/C23H27N3O3S/c1-15-16(2)30-22-21(15)23(28)25(14-24-22)11-9-20(27)26-10-5-7-18(26)12-17-6-4-8-19(13-17)29-3/h4,6,8,13-14,18H,5,7,9-12H2,1-3H3. The van der Waals surface area contributed by atoms with Crippen LogP contribution in [0.1, 0.15) is 35.3 Å². The molecule has 0 saturated carbocycles. The number of ether oxygens (including phenoxy) is 1. The van der Waals surface area contributed by atoms with Crippen LogP contribution < -0.4 is 10.3 Å². The Hall–Kier alpha value is -2.67. The van der Waals surface area contributed by atoms with Crippen molar-refractivity contribution in [2.45, 2.75) is 52.1 Å². The number of carbonyl (C=O) groups excluding carboxylic acids is 1. The highest BCUT2D eigenvalue weighted by molar-refractivity contribution is 7.18. The summed E-state index contributed by atoms with van der Waals surface area (Å²) in [5, 5.41) is 0.685. The lowest BCUT2D eigenvalue weighted by molar-refractivity contribution is -0.132. The topological polar surface area (TPSA) is 64.4 Å². The molecular formula is C23H27N3O3S. The van der Waals surface area contributed by atoms with Crippen LogP contribution in [0.15, 0.2) is 35.4 Å². The Morgan fingerprint density at radius 3 is 2.97 bits per heavy atom. The molecule has 0 spiro atoms. The van der Waals surface area contributed by atoms with Crippen molar-refractivity contribution in [1.29, 1.82) is 0 Å². The lowest BCUT2D eigenvalue weighted by Gasteiger charge is -2.25. The number of nitrogens with zero attached hydrogens (tertiary/aromatic N) is 3. The molecular weight excluding hydrogens is 398 g/mol. The van der Waals surface area contributed by atoms with Gasteiger partial charge in [-0.1, -0.05) is 12.1 Å². The minimum atomic E-state index is -0.0518. The Morgan fingerprint density at radius 1 is 1.33 bits per heavy atom. The summed E-state index contributed by atoms with van der Waals surface area (Å²) in [6.45, 7) is 5.10. The van der Waals surface area contributed by atoms with Gasteiger partial charge >= 0.3 is 0 Å². The molecule has 1 unspecified atom stereocenters. The second kappa shape index (κ2) is 8.60. The summed E-state index contributed by atoms with van der Waals surface area (Å²) in [6, 6.07) is 8.23. The number of thiophene rings is 1. The van der Waals surface area contributed by atoms with Crippen molar-refractivity contribution in [3.63, 3.8) is 0 Å². The summed E-state index contributed by atoms with van der Waals surface area (Å²) in [5.41, 5.74) is 2.11. The number of benzene rings is 1. The first kappa shape index (κ1) is 20.6. The van der Waals surface area contributed by atoms with Crippen molar-refractivity contribution in [3.05, 3.63) is 57.0 Å². The molecule has 7 heteroatoms. The molecule has 1 aliphatic rings. The van der Waals surface area contributed by atoms with E-state index in [2.05, 4.69) is 11.1 Å². The van der Waals surface area contributed by atoms with Gasteiger partial charge in [-0.3, -0.25) is 14.2 Å². The van der Waals surface area contributed by atoms with Gasteiger partial charge in [0.25, 0.3) is 5.56 Å². The minimum absolute atomic E-state index is 0.0518. The third kappa shape index (κ3) is 3.99. The Labute approximate surface area is 180 Å². The van der Waals surface area contributed by atoms with Gasteiger partial charge in [-0.15, -0.1) is 11.3 Å². The summed E-state index contributed by atoms with van der Waals surface area (Å²) < 4.78 is 6.89. The molecule has 1 amide bonds. The van der Waals surface area contributed by atoms with Crippen LogP contribution in [0, 0.1) is 13.8 Å². The van der Waals surface area contributed by atoms with Crippen LogP contribution in [-0.4, -0.2) is 40.1 Å². The normalized spacial score (nSPS) is 16.4. The van der Waals surface area contributed by atoms with Crippen LogP contribution in [0.3, 0.4) is 0 Å². The fourth-order valence-corrected chi connectivity index (χ4v) is 5.22. The van der Waals surface area contributed by atoms with E-state index in [-0.39, 0.29) is 17.5 Å². The van der Waals surface area contributed by atoms with Gasteiger partial charge in [0.1, 0.15) is 10.6 Å². The summed E-state index contributed by atoms with van der Waals surface area (Å²) in [5.74, 6) is 0.940. The molecule has 6 nitrogen and oxygen atoms in total. The maximum atomic E-state index is 13.0. The first-order chi connectivity index (χ1) is 14.5. The van der Waals surface area contributed by atoms with Crippen LogP contribution in [0.5, 0.6) is 5.75 Å². The molecule has 1 saturated heterocycles. The van der Waals surface area contributed by atoms with Crippen molar-refractivity contribution >= 4 is 27.5 Å². The van der Waals surface area contributed by atoms with E-state index in [0.717, 1.165) is 46.8 Å². The molecule has 0 N–H and O–H groups in total. The van der Waals surface area contributed by atoms with Gasteiger partial charge in [0.15, 0.2) is 0 Å². The van der Waals surface area contributed by atoms with E-state index in [1.54, 1.807) is 29.3 Å². The third-order valence-electron chi connectivity index (χ3n) is 6.03. The van der Waals surface area contributed by atoms with Gasteiger partial charge in [-0.2, -0.15) is 0 Å². The molecule has 158 valence electrons. The molecule has 1 aliphatic heterocycles. The number of aryl methyl sites for hydroxylation is 3. The van der Waals surface area contributed by atoms with E-state index in [1.165, 1.54) is 5.56 Å². The number of aromatic nitrogens is 2. The van der Waals surface area contributed by atoms with E-state index in [4.69, 9.17) is 4.74 Å². The molecule has 0 bridgehead atoms. The van der Waals surface area contributed by atoms with Gasteiger partial charge < -0.3 is 9.64 Å². The van der Waals surface area contributed by atoms with E-state index >= 15 is 0 Å². The molecule has 2 aromatic heterocycles. The van der Waals surface area contributed by atoms with Crippen LogP contribution in [0.25, 0.3) is 10.2 Å². The predicted molar refractivity (Wildman–Crippen MR) is 119 cm³/mol. The first-order valence-electron chi connectivity index (χ1n) is 10.4. The van der Waals surface area contributed by atoms with E-state index < -0.39 is 0 Å². The second-order valence-corrected chi connectivity index (χ2v) is 9.10. The fourth-order valence-electron chi connectivity index (χ4n) is 4.24. The largest absolute Gasteiger partial charge is 0.497 e. The highest BCUT2D eigenvalue weighted by atomic mass is 32.1. The highest BCUT2D eigenvalue weighted by Gasteiger charge is 2.28. The minimum Gasteiger partial charge on any atom is -0.497 e. The molecule has 1 atom stereocenters. The van der Waals surface area contributed by atoms with Crippen molar-refractivity contribution in [1.82, 2.24) is 14.5 Å². The summed E-state index contributed by atoms with van der Waals surface area (Å²) >= 11 is 1.54. The molecule has 0 aliphatic carbocycles. The Bertz CT molecular complexity index is 1130. The molecule has 30 heavy (non-hydrogen) atoms. The third-order valence-corrected chi connectivity index (χ3v) is 7.14. The molecule has 0 radical (unpaired) electrons. The Balaban J connectivity index is 1.44. The average Bonchev–Trinajstić information content (AvgIpc) is 3.32. The lowest BCUT2D eigenvalue weighted by Crippen LogP contribution is -2.37. The van der Waals surface area contributed by atoms with Gasteiger partial charge in [0, 0.05) is 30.4 Å². The van der Waals surface area contributed by atoms with E-state index in [0.29, 0.717) is 18.4 Å². The number of methoxy groups -OCH3 is 1. The van der Waals surface area contributed by atoms with E-state index in [1.807, 2.05) is 36.9 Å². The summed E-state index contributed by atoms with van der Waals surface area (Å²) in [7, 11) is 1.66. The number of rotatable bonds is 6. The Kier molecular flexibility index (Phi) is 5.90. The predicted octanol–water partition coefficient (Wildman–Crippen LogP) is 3.71. The van der Waals surface area contributed by atoms with Gasteiger partial charge in [0.05, 0.1) is 18.8 Å². The van der Waals surface area contributed by atoms with Crippen molar-refractivity contribution in [2.24, 2.45) is 0 Å². The number of likely N-dealkylation sites (tertiary alicyclic amines) is 1. The van der Waals surface area contributed by atoms with Gasteiger partial charge in [0.2, 0.25) is 5.91 Å². The van der Waals surface area contributed by atoms with Crippen LogP contribution in [0.4, 0.5) is 0 Å². The summed E-state index contributed by atoms with van der Waals surface area (Å²) in [6.07, 6.45) is 4.73. The lowest BCUT2D eigenvalue weighted by atomic mass is 10.0. The number of hydrogen-bond donors (Lipinski definition) is 0. The molecule has 1 fully saturated rings. The molecule has 4 rings (SSSR count). The Morgan fingerprint density at radius 2 is 2.17 bits per heavy atom. The molecule has 3 heterocycles. The van der Waals surface area contributed by atoms with E-state index in [9.17, 15) is 9.59 Å². The van der Waals surface area contributed by atoms with Crippen molar-refractivity contribution in [2.75, 3.05) is 13.7 Å². The van der Waals surface area contributed by atoms with Gasteiger partial charge in [-0.25, -0.2) is 4.98 Å². The zero-order valence-corrected chi connectivity index (χ0v) is 18.5. The SMILES string of the molecule is COc1cccc(CC2CCCN2C(=O)CCn2cnc3sc(C)c(C)c3c2=O)c1.